The van der Waals surface area contributed by atoms with Crippen LogP contribution in [0.25, 0.3) is 0 Å². The average Bonchev–Trinajstić information content (AvgIpc) is 2.68. The Hall–Kier alpha value is -1.07. The molecule has 0 amide bonds. The van der Waals surface area contributed by atoms with E-state index in [4.69, 9.17) is 16.3 Å². The van der Waals surface area contributed by atoms with Crippen LogP contribution in [0.2, 0.25) is 5.02 Å². The van der Waals surface area contributed by atoms with Crippen LogP contribution < -0.4 is 4.90 Å². The van der Waals surface area contributed by atoms with Gasteiger partial charge in [-0.1, -0.05) is 37.6 Å². The van der Waals surface area contributed by atoms with Crippen LogP contribution in [-0.2, 0) is 4.74 Å². The summed E-state index contributed by atoms with van der Waals surface area (Å²) in [6.45, 7) is 10.4. The summed E-state index contributed by atoms with van der Waals surface area (Å²) in [5.41, 5.74) is 3.07. The van der Waals surface area contributed by atoms with Gasteiger partial charge in [-0.25, -0.2) is 0 Å². The number of halogens is 1. The molecule has 0 radical (unpaired) electrons. The van der Waals surface area contributed by atoms with Gasteiger partial charge in [0.15, 0.2) is 0 Å². The van der Waals surface area contributed by atoms with Gasteiger partial charge in [0.05, 0.1) is 19.3 Å². The Morgan fingerprint density at radius 3 is 2.71 bits per heavy atom. The van der Waals surface area contributed by atoms with Gasteiger partial charge in [0.25, 0.3) is 0 Å². The molecular formula is C23H33ClN2O2. The van der Waals surface area contributed by atoms with Crippen LogP contribution in [0, 0.1) is 17.3 Å². The standard InChI is InChI=1S/C23H33ClN2O2/c1-23(2)18-7-6-17(22(23)12-18)15-28-16-21(27)14-25-8-10-26(11-9-25)20-5-3-4-19(24)13-20/h3-6,13,18,21-22,27H,7-12,14-16H2,1-2H3/t18-,21+,22+/m0/s1. The number of fused-ring (bicyclic) bond motifs is 1. The van der Waals surface area contributed by atoms with E-state index in [1.54, 1.807) is 0 Å². The smallest absolute Gasteiger partial charge is 0.0900 e. The second-order valence-corrected chi connectivity index (χ2v) is 9.69. The van der Waals surface area contributed by atoms with E-state index in [1.165, 1.54) is 24.1 Å². The first kappa shape index (κ1) is 20.2. The predicted octanol–water partition coefficient (Wildman–Crippen LogP) is 3.83. The topological polar surface area (TPSA) is 35.9 Å². The molecule has 5 rings (SSSR count). The summed E-state index contributed by atoms with van der Waals surface area (Å²) in [4.78, 5) is 4.68. The zero-order valence-corrected chi connectivity index (χ0v) is 17.9. The Morgan fingerprint density at radius 1 is 1.25 bits per heavy atom. The fourth-order valence-corrected chi connectivity index (χ4v) is 5.35. The Balaban J connectivity index is 1.16. The SMILES string of the molecule is CC1(C)[C@H]2CC=C(COC[C@H](O)CN3CCN(c4cccc(Cl)c4)CC3)[C@H]1C2. The number of nitrogens with zero attached hydrogens (tertiary/aromatic N) is 2. The number of piperazine rings is 1. The minimum atomic E-state index is -0.427. The van der Waals surface area contributed by atoms with Gasteiger partial charge in [-0.2, -0.15) is 0 Å². The molecule has 3 atom stereocenters. The zero-order chi connectivity index (χ0) is 19.7. The molecule has 1 N–H and O–H groups in total. The highest BCUT2D eigenvalue weighted by Crippen LogP contribution is 2.59. The molecule has 4 nitrogen and oxygen atoms in total. The number of benzene rings is 1. The largest absolute Gasteiger partial charge is 0.389 e. The summed E-state index contributed by atoms with van der Waals surface area (Å²) in [5, 5.41) is 11.2. The number of hydrogen-bond acceptors (Lipinski definition) is 4. The van der Waals surface area contributed by atoms with Gasteiger partial charge in [-0.3, -0.25) is 4.90 Å². The normalized spacial score (nSPS) is 27.9. The highest BCUT2D eigenvalue weighted by molar-refractivity contribution is 6.30. The molecule has 0 aromatic heterocycles. The minimum absolute atomic E-state index is 0.419. The summed E-state index contributed by atoms with van der Waals surface area (Å²) in [6, 6.07) is 8.03. The number of aliphatic hydroxyl groups excluding tert-OH is 1. The van der Waals surface area contributed by atoms with Crippen LogP contribution in [0.3, 0.4) is 0 Å². The van der Waals surface area contributed by atoms with Gasteiger partial charge in [0.2, 0.25) is 0 Å². The predicted molar refractivity (Wildman–Crippen MR) is 115 cm³/mol. The lowest BCUT2D eigenvalue weighted by molar-refractivity contribution is -0.0262. The van der Waals surface area contributed by atoms with Crippen LogP contribution in [0.5, 0.6) is 0 Å². The quantitative estimate of drug-likeness (QED) is 0.700. The van der Waals surface area contributed by atoms with Crippen molar-refractivity contribution in [2.75, 3.05) is 50.8 Å². The van der Waals surface area contributed by atoms with E-state index in [0.29, 0.717) is 31.1 Å². The summed E-state index contributed by atoms with van der Waals surface area (Å²) in [6.07, 6.45) is 4.47. The maximum absolute atomic E-state index is 10.4. The number of hydrogen-bond donors (Lipinski definition) is 1. The van der Waals surface area contributed by atoms with Crippen LogP contribution in [-0.4, -0.2) is 62.0 Å². The molecule has 28 heavy (non-hydrogen) atoms. The highest BCUT2D eigenvalue weighted by Gasteiger charge is 2.50. The second kappa shape index (κ2) is 8.35. The Bertz CT molecular complexity index is 712. The average molecular weight is 405 g/mol. The van der Waals surface area contributed by atoms with E-state index in [0.717, 1.165) is 37.1 Å². The van der Waals surface area contributed by atoms with E-state index in [9.17, 15) is 5.11 Å². The van der Waals surface area contributed by atoms with Gasteiger partial charge in [0.1, 0.15) is 0 Å². The van der Waals surface area contributed by atoms with E-state index in [1.807, 2.05) is 18.2 Å². The molecule has 1 aromatic rings. The summed E-state index contributed by atoms with van der Waals surface area (Å²) in [5.74, 6) is 1.54. The van der Waals surface area contributed by atoms with Crippen molar-refractivity contribution >= 4 is 17.3 Å². The maximum Gasteiger partial charge on any atom is 0.0900 e. The third-order valence-electron chi connectivity index (χ3n) is 7.18. The van der Waals surface area contributed by atoms with E-state index in [2.05, 4.69) is 35.8 Å². The van der Waals surface area contributed by atoms with Gasteiger partial charge in [-0.15, -0.1) is 0 Å². The fraction of sp³-hybridized carbons (Fsp3) is 0.652. The molecule has 1 aliphatic heterocycles. The summed E-state index contributed by atoms with van der Waals surface area (Å²) in [7, 11) is 0. The van der Waals surface area contributed by atoms with Crippen molar-refractivity contribution in [2.24, 2.45) is 17.3 Å². The van der Waals surface area contributed by atoms with Crippen LogP contribution in [0.4, 0.5) is 5.69 Å². The molecule has 1 saturated heterocycles. The lowest BCUT2D eigenvalue weighted by Gasteiger charge is -2.56. The molecule has 1 heterocycles. The van der Waals surface area contributed by atoms with Crippen molar-refractivity contribution in [3.63, 3.8) is 0 Å². The first-order chi connectivity index (χ1) is 13.4. The highest BCUT2D eigenvalue weighted by atomic mass is 35.5. The van der Waals surface area contributed by atoms with Gasteiger partial charge >= 0.3 is 0 Å². The molecular weight excluding hydrogens is 372 g/mol. The zero-order valence-electron chi connectivity index (χ0n) is 17.1. The van der Waals surface area contributed by atoms with Crippen molar-refractivity contribution in [3.05, 3.63) is 40.9 Å². The third kappa shape index (κ3) is 4.25. The first-order valence-corrected chi connectivity index (χ1v) is 11.0. The number of allylic oxidation sites excluding steroid dienone is 1. The Kier molecular flexibility index (Phi) is 6.03. The number of ether oxygens (including phenoxy) is 1. The van der Waals surface area contributed by atoms with Crippen molar-refractivity contribution in [2.45, 2.75) is 32.8 Å². The van der Waals surface area contributed by atoms with Crippen molar-refractivity contribution in [1.82, 2.24) is 4.90 Å². The third-order valence-corrected chi connectivity index (χ3v) is 7.41. The lowest BCUT2D eigenvalue weighted by atomic mass is 9.49. The van der Waals surface area contributed by atoms with Gasteiger partial charge in [0, 0.05) is 43.4 Å². The van der Waals surface area contributed by atoms with Crippen LogP contribution in [0.15, 0.2) is 35.9 Å². The van der Waals surface area contributed by atoms with E-state index >= 15 is 0 Å². The van der Waals surface area contributed by atoms with Gasteiger partial charge in [-0.05, 0) is 53.9 Å². The molecule has 154 valence electrons. The second-order valence-electron chi connectivity index (χ2n) is 9.26. The van der Waals surface area contributed by atoms with Crippen molar-refractivity contribution < 1.29 is 9.84 Å². The molecule has 5 heteroatoms. The molecule has 3 aliphatic carbocycles. The molecule has 2 fully saturated rings. The van der Waals surface area contributed by atoms with Crippen molar-refractivity contribution in [1.29, 1.82) is 0 Å². The fourth-order valence-electron chi connectivity index (χ4n) is 5.17. The number of rotatable bonds is 7. The molecule has 0 unspecified atom stereocenters. The number of anilines is 1. The van der Waals surface area contributed by atoms with E-state index < -0.39 is 6.10 Å². The lowest BCUT2D eigenvalue weighted by Crippen LogP contribution is -2.49. The number of β-amino-alcohol motifs (C(OH)–C–C–N with tert-alkyl or cyclic N) is 1. The minimum Gasteiger partial charge on any atom is -0.389 e. The summed E-state index contributed by atoms with van der Waals surface area (Å²) >= 11 is 6.11. The molecule has 2 bridgehead atoms. The van der Waals surface area contributed by atoms with Gasteiger partial charge < -0.3 is 14.7 Å². The van der Waals surface area contributed by atoms with Crippen molar-refractivity contribution in [3.8, 4) is 0 Å². The molecule has 1 saturated carbocycles. The molecule has 1 aromatic carbocycles. The summed E-state index contributed by atoms with van der Waals surface area (Å²) < 4.78 is 5.90. The monoisotopic (exact) mass is 404 g/mol. The van der Waals surface area contributed by atoms with E-state index in [-0.39, 0.29) is 0 Å². The molecule has 0 spiro atoms. The Labute approximate surface area is 174 Å². The van der Waals surface area contributed by atoms with Crippen LogP contribution in [0.1, 0.15) is 26.7 Å². The molecule has 4 aliphatic rings. The van der Waals surface area contributed by atoms with Crippen LogP contribution >= 0.6 is 11.6 Å². The first-order valence-electron chi connectivity index (χ1n) is 10.6. The Morgan fingerprint density at radius 2 is 2.04 bits per heavy atom. The maximum atomic E-state index is 10.4. The number of aliphatic hydroxyl groups is 1.